The van der Waals surface area contributed by atoms with E-state index >= 15 is 0 Å². The fourth-order valence-corrected chi connectivity index (χ4v) is 4.40. The van der Waals surface area contributed by atoms with Crippen molar-refractivity contribution in [3.63, 3.8) is 0 Å². The molecule has 2 rings (SSSR count). The van der Waals surface area contributed by atoms with E-state index in [1.54, 1.807) is 25.1 Å². The minimum absolute atomic E-state index is 0.0651. The topological polar surface area (TPSA) is 104 Å². The number of carboxylic acid groups (broad SMARTS) is 1. The number of amides is 1. The smallest absolute Gasteiger partial charge is 0.327 e. The fraction of sp³-hybridized carbons (Fsp3) is 0.263. The molecule has 1 amide bonds. The van der Waals surface area contributed by atoms with Gasteiger partial charge in [-0.25, -0.2) is 13.2 Å². The van der Waals surface area contributed by atoms with E-state index in [9.17, 15) is 23.1 Å². The summed E-state index contributed by atoms with van der Waals surface area (Å²) in [5, 5.41) is 12.0. The molecule has 0 aliphatic rings. The van der Waals surface area contributed by atoms with Crippen molar-refractivity contribution < 1.29 is 23.1 Å². The zero-order valence-corrected chi connectivity index (χ0v) is 16.4. The summed E-state index contributed by atoms with van der Waals surface area (Å²) >= 11 is 0. The standard InChI is InChI=1S/C19H22N2O5S/c1-12-5-10-18(13(2)11-12)21(14(3)19(23)24)27(25,26)17-8-6-16(7-9-17)20-15(4)22/h5-11,14H,1-4H3,(H,20,22)(H,23,24). The van der Waals surface area contributed by atoms with E-state index in [2.05, 4.69) is 5.32 Å². The van der Waals surface area contributed by atoms with Crippen LogP contribution in [0.3, 0.4) is 0 Å². The van der Waals surface area contributed by atoms with Crippen LogP contribution in [0, 0.1) is 13.8 Å². The number of hydrogen-bond donors (Lipinski definition) is 2. The average Bonchev–Trinajstić information content (AvgIpc) is 2.56. The maximum absolute atomic E-state index is 13.2. The molecule has 0 aliphatic heterocycles. The van der Waals surface area contributed by atoms with Crippen LogP contribution in [0.1, 0.15) is 25.0 Å². The van der Waals surface area contributed by atoms with Gasteiger partial charge in [-0.05, 0) is 56.7 Å². The first-order valence-corrected chi connectivity index (χ1v) is 9.70. The summed E-state index contributed by atoms with van der Waals surface area (Å²) in [5.74, 6) is -1.53. The van der Waals surface area contributed by atoms with Crippen molar-refractivity contribution in [1.82, 2.24) is 0 Å². The summed E-state index contributed by atoms with van der Waals surface area (Å²) in [4.78, 5) is 22.6. The highest BCUT2D eigenvalue weighted by Gasteiger charge is 2.34. The molecule has 8 heteroatoms. The number of carbonyl (C=O) groups excluding carboxylic acids is 1. The Labute approximate surface area is 158 Å². The predicted molar refractivity (Wildman–Crippen MR) is 103 cm³/mol. The molecule has 27 heavy (non-hydrogen) atoms. The monoisotopic (exact) mass is 390 g/mol. The molecule has 144 valence electrons. The van der Waals surface area contributed by atoms with Crippen LogP contribution in [0.15, 0.2) is 47.4 Å². The predicted octanol–water partition coefficient (Wildman–Crippen LogP) is 2.93. The molecule has 7 nitrogen and oxygen atoms in total. The highest BCUT2D eigenvalue weighted by molar-refractivity contribution is 7.93. The number of carboxylic acids is 1. The Hall–Kier alpha value is -2.87. The number of sulfonamides is 1. The first-order chi connectivity index (χ1) is 12.5. The first kappa shape index (κ1) is 20.4. The lowest BCUT2D eigenvalue weighted by atomic mass is 10.1. The van der Waals surface area contributed by atoms with Crippen LogP contribution in [0.2, 0.25) is 0 Å². The second kappa shape index (κ2) is 7.79. The molecule has 0 aliphatic carbocycles. The molecule has 0 aromatic heterocycles. The van der Waals surface area contributed by atoms with Gasteiger partial charge in [-0.15, -0.1) is 0 Å². The van der Waals surface area contributed by atoms with Crippen molar-refractivity contribution in [2.75, 3.05) is 9.62 Å². The molecule has 1 unspecified atom stereocenters. The van der Waals surface area contributed by atoms with Crippen LogP contribution < -0.4 is 9.62 Å². The van der Waals surface area contributed by atoms with E-state index in [1.807, 2.05) is 6.92 Å². The van der Waals surface area contributed by atoms with Crippen molar-refractivity contribution in [1.29, 1.82) is 0 Å². The Morgan fingerprint density at radius 2 is 1.67 bits per heavy atom. The summed E-state index contributed by atoms with van der Waals surface area (Å²) in [6.07, 6.45) is 0. The number of nitrogens with one attached hydrogen (secondary N) is 1. The van der Waals surface area contributed by atoms with E-state index in [4.69, 9.17) is 0 Å². The quantitative estimate of drug-likeness (QED) is 0.789. The maximum atomic E-state index is 13.2. The van der Waals surface area contributed by atoms with E-state index in [1.165, 1.54) is 38.1 Å². The lowest BCUT2D eigenvalue weighted by Crippen LogP contribution is -2.43. The van der Waals surface area contributed by atoms with E-state index in [0.29, 0.717) is 16.9 Å². The number of nitrogens with zero attached hydrogens (tertiary/aromatic N) is 1. The second-order valence-corrected chi connectivity index (χ2v) is 8.13. The minimum Gasteiger partial charge on any atom is -0.480 e. The number of rotatable bonds is 6. The van der Waals surface area contributed by atoms with E-state index in [0.717, 1.165) is 9.87 Å². The molecule has 0 saturated heterocycles. The molecule has 0 bridgehead atoms. The molecule has 0 fully saturated rings. The Balaban J connectivity index is 2.56. The molecule has 2 aromatic rings. The van der Waals surface area contributed by atoms with Crippen molar-refractivity contribution in [2.24, 2.45) is 0 Å². The minimum atomic E-state index is -4.14. The van der Waals surface area contributed by atoms with Gasteiger partial charge in [-0.2, -0.15) is 0 Å². The third kappa shape index (κ3) is 4.46. The first-order valence-electron chi connectivity index (χ1n) is 8.26. The number of carbonyl (C=O) groups is 2. The maximum Gasteiger partial charge on any atom is 0.327 e. The van der Waals surface area contributed by atoms with Crippen LogP contribution in [0.25, 0.3) is 0 Å². The zero-order valence-electron chi connectivity index (χ0n) is 15.6. The van der Waals surface area contributed by atoms with Crippen LogP contribution in [0.4, 0.5) is 11.4 Å². The Morgan fingerprint density at radius 3 is 2.15 bits per heavy atom. The summed E-state index contributed by atoms with van der Waals surface area (Å²) in [5.41, 5.74) is 2.35. The molecule has 2 aromatic carbocycles. The van der Waals surface area contributed by atoms with Gasteiger partial charge in [-0.1, -0.05) is 17.7 Å². The molecule has 0 spiro atoms. The molecule has 2 N–H and O–H groups in total. The summed E-state index contributed by atoms with van der Waals surface area (Å²) in [6.45, 7) is 6.28. The van der Waals surface area contributed by atoms with Gasteiger partial charge >= 0.3 is 5.97 Å². The van der Waals surface area contributed by atoms with Crippen molar-refractivity contribution in [3.05, 3.63) is 53.6 Å². The second-order valence-electron chi connectivity index (χ2n) is 6.31. The van der Waals surface area contributed by atoms with Gasteiger partial charge in [0.05, 0.1) is 10.6 Å². The Bertz CT molecular complexity index is 968. The molecule has 0 radical (unpaired) electrons. The molecular weight excluding hydrogens is 368 g/mol. The van der Waals surface area contributed by atoms with Crippen molar-refractivity contribution >= 4 is 33.3 Å². The third-order valence-electron chi connectivity index (χ3n) is 4.03. The van der Waals surface area contributed by atoms with Crippen LogP contribution in [0.5, 0.6) is 0 Å². The molecular formula is C19H22N2O5S. The zero-order chi connectivity index (χ0) is 20.4. The fourth-order valence-electron chi connectivity index (χ4n) is 2.73. The van der Waals surface area contributed by atoms with E-state index in [-0.39, 0.29) is 10.8 Å². The number of aryl methyl sites for hydroxylation is 2. The molecule has 0 saturated carbocycles. The van der Waals surface area contributed by atoms with Gasteiger partial charge in [0, 0.05) is 12.6 Å². The molecule has 1 atom stereocenters. The van der Waals surface area contributed by atoms with Crippen molar-refractivity contribution in [3.8, 4) is 0 Å². The highest BCUT2D eigenvalue weighted by Crippen LogP contribution is 2.30. The van der Waals surface area contributed by atoms with E-state index < -0.39 is 22.0 Å². The lowest BCUT2D eigenvalue weighted by molar-refractivity contribution is -0.137. The van der Waals surface area contributed by atoms with Crippen LogP contribution >= 0.6 is 0 Å². The van der Waals surface area contributed by atoms with Gasteiger partial charge in [-0.3, -0.25) is 9.10 Å². The van der Waals surface area contributed by atoms with Crippen LogP contribution in [-0.2, 0) is 19.6 Å². The van der Waals surface area contributed by atoms with Gasteiger partial charge in [0.2, 0.25) is 5.91 Å². The third-order valence-corrected chi connectivity index (χ3v) is 5.93. The number of aliphatic carboxylic acids is 1. The number of benzene rings is 2. The number of hydrogen-bond acceptors (Lipinski definition) is 4. The van der Waals surface area contributed by atoms with Crippen LogP contribution in [-0.4, -0.2) is 31.4 Å². The lowest BCUT2D eigenvalue weighted by Gasteiger charge is -2.29. The highest BCUT2D eigenvalue weighted by atomic mass is 32.2. The normalized spacial score (nSPS) is 12.3. The summed E-state index contributed by atoms with van der Waals surface area (Å²) in [6, 6.07) is 9.43. The van der Waals surface area contributed by atoms with Crippen molar-refractivity contribution in [2.45, 2.75) is 38.6 Å². The van der Waals surface area contributed by atoms with Gasteiger partial charge in [0.25, 0.3) is 10.0 Å². The largest absolute Gasteiger partial charge is 0.480 e. The molecule has 0 heterocycles. The number of anilines is 2. The summed E-state index contributed by atoms with van der Waals surface area (Å²) < 4.78 is 27.4. The Kier molecular flexibility index (Phi) is 5.90. The summed E-state index contributed by atoms with van der Waals surface area (Å²) in [7, 11) is -4.14. The van der Waals surface area contributed by atoms with Gasteiger partial charge in [0.1, 0.15) is 6.04 Å². The van der Waals surface area contributed by atoms with Gasteiger partial charge in [0.15, 0.2) is 0 Å². The SMILES string of the molecule is CC(=O)Nc1ccc(S(=O)(=O)N(c2ccc(C)cc2C)C(C)C(=O)O)cc1. The average molecular weight is 390 g/mol. The van der Waals surface area contributed by atoms with Gasteiger partial charge < -0.3 is 10.4 Å². The Morgan fingerprint density at radius 1 is 1.07 bits per heavy atom.